The normalized spacial score (nSPS) is 19.3. The zero-order valence-electron chi connectivity index (χ0n) is 14.0. The van der Waals surface area contributed by atoms with E-state index in [1.54, 1.807) is 0 Å². The van der Waals surface area contributed by atoms with Gasteiger partial charge in [0.25, 0.3) is 0 Å². The molecule has 2 aromatic rings. The van der Waals surface area contributed by atoms with Gasteiger partial charge in [-0.25, -0.2) is 0 Å². The number of allylic oxidation sites excluding steroid dienone is 2. The maximum absolute atomic E-state index is 12.9. The summed E-state index contributed by atoms with van der Waals surface area (Å²) in [6, 6.07) is 10.2. The highest BCUT2D eigenvalue weighted by atomic mass is 16.1. The van der Waals surface area contributed by atoms with Crippen molar-refractivity contribution in [2.45, 2.75) is 40.0 Å². The molecule has 2 heteroatoms. The molecular formula is C20H25NO. The van der Waals surface area contributed by atoms with Gasteiger partial charge >= 0.3 is 0 Å². The van der Waals surface area contributed by atoms with Gasteiger partial charge < -0.3 is 4.57 Å². The van der Waals surface area contributed by atoms with Crippen molar-refractivity contribution in [1.82, 2.24) is 4.57 Å². The van der Waals surface area contributed by atoms with Gasteiger partial charge in [-0.15, -0.1) is 0 Å². The molecule has 3 rings (SSSR count). The summed E-state index contributed by atoms with van der Waals surface area (Å²) in [7, 11) is 1.98. The van der Waals surface area contributed by atoms with E-state index in [2.05, 4.69) is 39.0 Å². The highest BCUT2D eigenvalue weighted by molar-refractivity contribution is 6.10. The van der Waals surface area contributed by atoms with E-state index in [1.165, 1.54) is 0 Å². The molecule has 22 heavy (non-hydrogen) atoms. The highest BCUT2D eigenvalue weighted by Gasteiger charge is 2.28. The second-order valence-electron chi connectivity index (χ2n) is 7.54. The van der Waals surface area contributed by atoms with Crippen molar-refractivity contribution in [1.29, 1.82) is 0 Å². The lowest BCUT2D eigenvalue weighted by atomic mass is 9.72. The first kappa shape index (κ1) is 15.1. The first-order valence-corrected chi connectivity index (χ1v) is 8.16. The Morgan fingerprint density at radius 3 is 2.55 bits per heavy atom. The number of fused-ring (bicyclic) bond motifs is 1. The average Bonchev–Trinajstić information content (AvgIpc) is 2.83. The Hall–Kier alpha value is -1.83. The molecule has 0 amide bonds. The molecule has 1 heterocycles. The Morgan fingerprint density at radius 1 is 1.23 bits per heavy atom. The summed E-state index contributed by atoms with van der Waals surface area (Å²) in [5, 5.41) is 1.14. The zero-order chi connectivity index (χ0) is 15.9. The summed E-state index contributed by atoms with van der Waals surface area (Å²) >= 11 is 0. The van der Waals surface area contributed by atoms with E-state index in [0.29, 0.717) is 11.3 Å². The van der Waals surface area contributed by atoms with Crippen molar-refractivity contribution in [3.63, 3.8) is 0 Å². The van der Waals surface area contributed by atoms with Crippen LogP contribution in [-0.2, 0) is 7.05 Å². The molecule has 0 N–H and O–H groups in total. The van der Waals surface area contributed by atoms with Crippen LogP contribution >= 0.6 is 0 Å². The highest BCUT2D eigenvalue weighted by Crippen LogP contribution is 2.38. The minimum Gasteiger partial charge on any atom is -0.341 e. The number of carbonyl (C=O) groups is 1. The van der Waals surface area contributed by atoms with Crippen LogP contribution in [0.4, 0.5) is 0 Å². The number of aryl methyl sites for hydroxylation is 1. The van der Waals surface area contributed by atoms with E-state index in [9.17, 15) is 4.79 Å². The number of ketones is 1. The van der Waals surface area contributed by atoms with Crippen LogP contribution < -0.4 is 0 Å². The second-order valence-corrected chi connectivity index (χ2v) is 7.54. The topological polar surface area (TPSA) is 22.0 Å². The molecule has 0 aliphatic heterocycles. The molecule has 1 unspecified atom stereocenters. The molecule has 1 aliphatic carbocycles. The molecule has 0 fully saturated rings. The summed E-state index contributed by atoms with van der Waals surface area (Å²) in [5.74, 6) is 0.877. The molecule has 0 spiro atoms. The molecule has 2 nitrogen and oxygen atoms in total. The number of benzene rings is 1. The number of para-hydroxylation sites is 1. The lowest BCUT2D eigenvalue weighted by Gasteiger charge is -2.33. The maximum atomic E-state index is 12.9. The van der Waals surface area contributed by atoms with E-state index in [1.807, 2.05) is 29.8 Å². The van der Waals surface area contributed by atoms with Gasteiger partial charge in [0.05, 0.1) is 5.69 Å². The summed E-state index contributed by atoms with van der Waals surface area (Å²) < 4.78 is 2.02. The Kier molecular flexibility index (Phi) is 3.72. The zero-order valence-corrected chi connectivity index (χ0v) is 14.0. The standard InChI is InChI=1S/C20H25NO/c1-20(2,3)16-11-9-14(10-12-16)19(22)18-13-15-7-5-6-8-17(15)21(18)4/h5-9,13,16H,10-12H2,1-4H3. The van der Waals surface area contributed by atoms with Crippen molar-refractivity contribution in [2.75, 3.05) is 0 Å². The van der Waals surface area contributed by atoms with Crippen LogP contribution in [0.25, 0.3) is 10.9 Å². The summed E-state index contributed by atoms with van der Waals surface area (Å²) in [6.45, 7) is 6.88. The molecule has 0 radical (unpaired) electrons. The Balaban J connectivity index is 1.88. The van der Waals surface area contributed by atoms with E-state index in [-0.39, 0.29) is 5.78 Å². The average molecular weight is 295 g/mol. The predicted molar refractivity (Wildman–Crippen MR) is 92.1 cm³/mol. The molecule has 0 saturated carbocycles. The van der Waals surface area contributed by atoms with Gasteiger partial charge in [0.15, 0.2) is 0 Å². The van der Waals surface area contributed by atoms with E-state index >= 15 is 0 Å². The molecule has 1 aromatic heterocycles. The molecule has 1 aliphatic rings. The van der Waals surface area contributed by atoms with Crippen molar-refractivity contribution in [3.8, 4) is 0 Å². The van der Waals surface area contributed by atoms with Crippen molar-refractivity contribution < 1.29 is 4.79 Å². The fourth-order valence-corrected chi connectivity index (χ4v) is 3.50. The Bertz CT molecular complexity index is 743. The number of carbonyl (C=O) groups excluding carboxylic acids is 1. The van der Waals surface area contributed by atoms with Gasteiger partial charge in [-0.1, -0.05) is 45.0 Å². The fraction of sp³-hybridized carbons (Fsp3) is 0.450. The van der Waals surface area contributed by atoms with Crippen molar-refractivity contribution >= 4 is 16.7 Å². The Morgan fingerprint density at radius 2 is 1.95 bits per heavy atom. The van der Waals surface area contributed by atoms with Crippen LogP contribution in [0.15, 0.2) is 42.0 Å². The lowest BCUT2D eigenvalue weighted by molar-refractivity contribution is 0.101. The predicted octanol–water partition coefficient (Wildman–Crippen LogP) is 5.13. The van der Waals surface area contributed by atoms with E-state index < -0.39 is 0 Å². The third-order valence-corrected chi connectivity index (χ3v) is 5.11. The largest absolute Gasteiger partial charge is 0.341 e. The monoisotopic (exact) mass is 295 g/mol. The van der Waals surface area contributed by atoms with Crippen LogP contribution in [0.2, 0.25) is 0 Å². The minimum absolute atomic E-state index is 0.200. The van der Waals surface area contributed by atoms with Crippen LogP contribution in [0.5, 0.6) is 0 Å². The molecule has 1 aromatic carbocycles. The van der Waals surface area contributed by atoms with Gasteiger partial charge in [0.2, 0.25) is 5.78 Å². The summed E-state index contributed by atoms with van der Waals surface area (Å²) in [4.78, 5) is 12.9. The number of nitrogens with zero attached hydrogens (tertiary/aromatic N) is 1. The second kappa shape index (κ2) is 5.42. The first-order chi connectivity index (χ1) is 10.4. The summed E-state index contributed by atoms with van der Waals surface area (Å²) in [5.41, 5.74) is 3.24. The van der Waals surface area contributed by atoms with Crippen LogP contribution in [0.1, 0.15) is 50.5 Å². The van der Waals surface area contributed by atoms with Gasteiger partial charge in [-0.05, 0) is 48.3 Å². The van der Waals surface area contributed by atoms with Crippen LogP contribution in [-0.4, -0.2) is 10.4 Å². The van der Waals surface area contributed by atoms with Crippen molar-refractivity contribution in [2.24, 2.45) is 18.4 Å². The smallest absolute Gasteiger partial charge is 0.205 e. The van der Waals surface area contributed by atoms with Gasteiger partial charge in [-0.2, -0.15) is 0 Å². The van der Waals surface area contributed by atoms with Crippen molar-refractivity contribution in [3.05, 3.63) is 47.7 Å². The quantitative estimate of drug-likeness (QED) is 0.704. The lowest BCUT2D eigenvalue weighted by Crippen LogP contribution is -2.23. The van der Waals surface area contributed by atoms with E-state index in [0.717, 1.165) is 41.4 Å². The summed E-state index contributed by atoms with van der Waals surface area (Å²) in [6.07, 6.45) is 5.22. The SMILES string of the molecule is Cn1c(C(=O)C2=CCC(C(C)(C)C)CC2)cc2ccccc21. The van der Waals surface area contributed by atoms with Crippen LogP contribution in [0.3, 0.4) is 0 Å². The number of hydrogen-bond acceptors (Lipinski definition) is 1. The van der Waals surface area contributed by atoms with E-state index in [4.69, 9.17) is 0 Å². The fourth-order valence-electron chi connectivity index (χ4n) is 3.50. The number of aromatic nitrogens is 1. The molecule has 0 saturated heterocycles. The van der Waals surface area contributed by atoms with Gasteiger partial charge in [-0.3, -0.25) is 4.79 Å². The third kappa shape index (κ3) is 2.63. The number of Topliss-reactive ketones (excluding diaryl/α,β-unsaturated/α-hetero) is 1. The van der Waals surface area contributed by atoms with Gasteiger partial charge in [0.1, 0.15) is 0 Å². The van der Waals surface area contributed by atoms with Crippen LogP contribution in [0, 0.1) is 11.3 Å². The minimum atomic E-state index is 0.200. The first-order valence-electron chi connectivity index (χ1n) is 8.16. The third-order valence-electron chi connectivity index (χ3n) is 5.11. The molecule has 0 bridgehead atoms. The molecule has 1 atom stereocenters. The maximum Gasteiger partial charge on any atom is 0.205 e. The van der Waals surface area contributed by atoms with Gasteiger partial charge in [0, 0.05) is 18.0 Å². The number of hydrogen-bond donors (Lipinski definition) is 0. The molecule has 116 valence electrons. The Labute approximate surface area is 132 Å². The molecular weight excluding hydrogens is 270 g/mol. The number of rotatable bonds is 2.